The molecule has 1 aromatic carbocycles. The van der Waals surface area contributed by atoms with Crippen LogP contribution < -0.4 is 0 Å². The first-order valence-electron chi connectivity index (χ1n) is 5.49. The second kappa shape index (κ2) is 4.90. The summed E-state index contributed by atoms with van der Waals surface area (Å²) in [6.07, 6.45) is 1.55. The van der Waals surface area contributed by atoms with Gasteiger partial charge in [-0.25, -0.2) is 9.07 Å². The summed E-state index contributed by atoms with van der Waals surface area (Å²) >= 11 is 0. The van der Waals surface area contributed by atoms with E-state index in [4.69, 9.17) is 5.26 Å². The van der Waals surface area contributed by atoms with Crippen molar-refractivity contribution in [3.63, 3.8) is 0 Å². The van der Waals surface area contributed by atoms with E-state index in [-0.39, 0.29) is 17.2 Å². The van der Waals surface area contributed by atoms with Crippen LogP contribution in [0, 0.1) is 17.1 Å². The highest BCUT2D eigenvalue weighted by Crippen LogP contribution is 2.13. The lowest BCUT2D eigenvalue weighted by atomic mass is 10.2. The zero-order valence-electron chi connectivity index (χ0n) is 10.5. The molecule has 6 heteroatoms. The maximum atomic E-state index is 13.3. The number of amides is 1. The molecule has 0 aliphatic rings. The Kier molecular flexibility index (Phi) is 3.29. The van der Waals surface area contributed by atoms with Gasteiger partial charge in [0.05, 0.1) is 17.3 Å². The van der Waals surface area contributed by atoms with E-state index in [9.17, 15) is 9.18 Å². The maximum Gasteiger partial charge on any atom is 0.273 e. The SMILES string of the molecule is CN(C)C(=O)c1ccn(-c2cc(F)cc(C#N)c2)n1. The Morgan fingerprint density at radius 1 is 1.42 bits per heavy atom. The first-order valence-corrected chi connectivity index (χ1v) is 5.49. The van der Waals surface area contributed by atoms with E-state index in [0.717, 1.165) is 6.07 Å². The molecule has 5 nitrogen and oxygen atoms in total. The fourth-order valence-corrected chi connectivity index (χ4v) is 1.58. The third-order valence-corrected chi connectivity index (χ3v) is 2.49. The summed E-state index contributed by atoms with van der Waals surface area (Å²) in [7, 11) is 3.24. The second-order valence-corrected chi connectivity index (χ2v) is 4.16. The summed E-state index contributed by atoms with van der Waals surface area (Å²) in [5.74, 6) is -0.763. The van der Waals surface area contributed by atoms with E-state index in [0.29, 0.717) is 5.69 Å². The lowest BCUT2D eigenvalue weighted by Gasteiger charge is -2.07. The molecule has 19 heavy (non-hydrogen) atoms. The molecule has 0 radical (unpaired) electrons. The number of hydrogen-bond donors (Lipinski definition) is 0. The minimum Gasteiger partial charge on any atom is -0.343 e. The van der Waals surface area contributed by atoms with Crippen molar-refractivity contribution < 1.29 is 9.18 Å². The van der Waals surface area contributed by atoms with Gasteiger partial charge in [-0.2, -0.15) is 10.4 Å². The Balaban J connectivity index is 2.41. The van der Waals surface area contributed by atoms with Crippen molar-refractivity contribution in [1.29, 1.82) is 5.26 Å². The predicted octanol–water partition coefficient (Wildman–Crippen LogP) is 1.58. The molecular formula is C13H11FN4O. The van der Waals surface area contributed by atoms with Gasteiger partial charge in [0.25, 0.3) is 5.91 Å². The number of rotatable bonds is 2. The second-order valence-electron chi connectivity index (χ2n) is 4.16. The Labute approximate surface area is 109 Å². The molecule has 2 rings (SSSR count). The van der Waals surface area contributed by atoms with Crippen molar-refractivity contribution in [3.05, 3.63) is 47.5 Å². The number of carbonyl (C=O) groups excluding carboxylic acids is 1. The Hall–Kier alpha value is -2.68. The molecule has 0 saturated heterocycles. The van der Waals surface area contributed by atoms with Crippen LogP contribution in [0.4, 0.5) is 4.39 Å². The van der Waals surface area contributed by atoms with Crippen LogP contribution in [0.5, 0.6) is 0 Å². The fourth-order valence-electron chi connectivity index (χ4n) is 1.58. The lowest BCUT2D eigenvalue weighted by molar-refractivity contribution is 0.0821. The molecule has 0 fully saturated rings. The third kappa shape index (κ3) is 2.60. The minimum absolute atomic E-state index is 0.200. The molecule has 0 saturated carbocycles. The van der Waals surface area contributed by atoms with Crippen LogP contribution in [-0.4, -0.2) is 34.7 Å². The molecule has 0 bridgehead atoms. The number of nitrogens with zero attached hydrogens (tertiary/aromatic N) is 4. The number of benzene rings is 1. The fraction of sp³-hybridized carbons (Fsp3) is 0.154. The number of halogens is 1. The van der Waals surface area contributed by atoms with Crippen molar-refractivity contribution in [2.75, 3.05) is 14.1 Å². The summed E-state index contributed by atoms with van der Waals surface area (Å²) in [6, 6.07) is 7.30. The van der Waals surface area contributed by atoms with Gasteiger partial charge < -0.3 is 4.90 Å². The summed E-state index contributed by atoms with van der Waals surface area (Å²) in [6.45, 7) is 0. The first-order chi connectivity index (χ1) is 9.01. The van der Waals surface area contributed by atoms with E-state index >= 15 is 0 Å². The van der Waals surface area contributed by atoms with Gasteiger partial charge in [-0.05, 0) is 24.3 Å². The van der Waals surface area contributed by atoms with E-state index in [2.05, 4.69) is 5.10 Å². The van der Waals surface area contributed by atoms with Crippen LogP contribution in [0.3, 0.4) is 0 Å². The zero-order chi connectivity index (χ0) is 14.0. The van der Waals surface area contributed by atoms with Gasteiger partial charge in [-0.15, -0.1) is 0 Å². The Morgan fingerprint density at radius 2 is 2.16 bits per heavy atom. The normalized spacial score (nSPS) is 10.0. The van der Waals surface area contributed by atoms with Gasteiger partial charge in [0, 0.05) is 20.3 Å². The molecule has 2 aromatic rings. The van der Waals surface area contributed by atoms with Crippen molar-refractivity contribution in [2.45, 2.75) is 0 Å². The van der Waals surface area contributed by atoms with E-state index in [1.807, 2.05) is 6.07 Å². The molecule has 0 unspecified atom stereocenters. The summed E-state index contributed by atoms with van der Waals surface area (Å²) in [5.41, 5.74) is 0.855. The molecule has 0 aliphatic heterocycles. The van der Waals surface area contributed by atoms with Crippen molar-refractivity contribution in [1.82, 2.24) is 14.7 Å². The summed E-state index contributed by atoms with van der Waals surface area (Å²) < 4.78 is 14.7. The highest BCUT2D eigenvalue weighted by Gasteiger charge is 2.12. The highest BCUT2D eigenvalue weighted by molar-refractivity contribution is 5.91. The van der Waals surface area contributed by atoms with Crippen LogP contribution in [0.15, 0.2) is 30.5 Å². The van der Waals surface area contributed by atoms with Gasteiger partial charge in [-0.1, -0.05) is 0 Å². The van der Waals surface area contributed by atoms with Crippen LogP contribution in [0.2, 0.25) is 0 Å². The topological polar surface area (TPSA) is 61.9 Å². The molecule has 0 N–H and O–H groups in total. The van der Waals surface area contributed by atoms with Gasteiger partial charge in [0.1, 0.15) is 5.82 Å². The van der Waals surface area contributed by atoms with Crippen molar-refractivity contribution >= 4 is 5.91 Å². The van der Waals surface area contributed by atoms with Crippen LogP contribution >= 0.6 is 0 Å². The minimum atomic E-state index is -0.523. The Morgan fingerprint density at radius 3 is 2.79 bits per heavy atom. The van der Waals surface area contributed by atoms with Gasteiger partial charge >= 0.3 is 0 Å². The number of carbonyl (C=O) groups is 1. The monoisotopic (exact) mass is 258 g/mol. The molecule has 0 aliphatic carbocycles. The van der Waals surface area contributed by atoms with E-state index < -0.39 is 5.82 Å². The smallest absolute Gasteiger partial charge is 0.273 e. The van der Waals surface area contributed by atoms with Crippen LogP contribution in [0.1, 0.15) is 16.1 Å². The summed E-state index contributed by atoms with van der Waals surface area (Å²) in [4.78, 5) is 13.1. The number of nitriles is 1. The molecule has 0 atom stereocenters. The number of aromatic nitrogens is 2. The Bertz CT molecular complexity index is 670. The molecular weight excluding hydrogens is 247 g/mol. The predicted molar refractivity (Wildman–Crippen MR) is 66.3 cm³/mol. The standard InChI is InChI=1S/C13H11FN4O/c1-17(2)13(19)12-3-4-18(16-12)11-6-9(8-15)5-10(14)7-11/h3-7H,1-2H3. The largest absolute Gasteiger partial charge is 0.343 e. The van der Waals surface area contributed by atoms with E-state index in [1.165, 1.54) is 21.7 Å². The third-order valence-electron chi connectivity index (χ3n) is 2.49. The zero-order valence-corrected chi connectivity index (χ0v) is 10.5. The number of hydrogen-bond acceptors (Lipinski definition) is 3. The maximum absolute atomic E-state index is 13.3. The van der Waals surface area contributed by atoms with Crippen LogP contribution in [0.25, 0.3) is 5.69 Å². The van der Waals surface area contributed by atoms with Gasteiger partial charge in [0.15, 0.2) is 5.69 Å². The molecule has 1 amide bonds. The molecule has 1 aromatic heterocycles. The molecule has 1 heterocycles. The average Bonchev–Trinajstić information content (AvgIpc) is 2.86. The first kappa shape index (κ1) is 12.8. The van der Waals surface area contributed by atoms with Gasteiger partial charge in [0.2, 0.25) is 0 Å². The van der Waals surface area contributed by atoms with Crippen LogP contribution in [-0.2, 0) is 0 Å². The summed E-state index contributed by atoms with van der Waals surface area (Å²) in [5, 5.41) is 12.9. The van der Waals surface area contributed by atoms with Gasteiger partial charge in [-0.3, -0.25) is 4.79 Å². The van der Waals surface area contributed by atoms with E-state index in [1.54, 1.807) is 26.4 Å². The quantitative estimate of drug-likeness (QED) is 0.821. The lowest BCUT2D eigenvalue weighted by Crippen LogP contribution is -2.22. The molecule has 0 spiro atoms. The average molecular weight is 258 g/mol. The van der Waals surface area contributed by atoms with Crippen molar-refractivity contribution in [2.24, 2.45) is 0 Å². The van der Waals surface area contributed by atoms with Crippen molar-refractivity contribution in [3.8, 4) is 11.8 Å². The highest BCUT2D eigenvalue weighted by atomic mass is 19.1. The molecule has 96 valence electrons.